The van der Waals surface area contributed by atoms with Gasteiger partial charge in [0.25, 0.3) is 11.8 Å². The highest BCUT2D eigenvalue weighted by Crippen LogP contribution is 2.23. The van der Waals surface area contributed by atoms with E-state index in [4.69, 9.17) is 0 Å². The first kappa shape index (κ1) is 36.2. The van der Waals surface area contributed by atoms with Gasteiger partial charge in [-0.05, 0) is 55.0 Å². The molecule has 0 aliphatic carbocycles. The number of anilines is 1. The third-order valence-electron chi connectivity index (χ3n) is 8.00. The molecule has 0 saturated carbocycles. The molecule has 0 aliphatic heterocycles. The Kier molecular flexibility index (Phi) is 12.1. The number of carbonyl (C=O) groups excluding carboxylic acids is 2. The lowest BCUT2D eigenvalue weighted by atomic mass is 10.00. The number of aliphatic hydroxyl groups excluding tert-OH is 2. The Labute approximate surface area is 281 Å². The molecule has 1 heterocycles. The SMILES string of the molecule is CC(C)CC(O)c1cn(C[C@H](O)[C@H](Cc2ccccc2)NC(=O)c2cc(C(=O)N[C@H](C)c3ccccc3)cc(N(C)S(C)(=O)=O)c2)nn1. The highest BCUT2D eigenvalue weighted by atomic mass is 32.2. The number of sulfonamides is 1. The number of hydrogen-bond donors (Lipinski definition) is 4. The summed E-state index contributed by atoms with van der Waals surface area (Å²) in [5, 5.41) is 35.8. The Bertz CT molecular complexity index is 1780. The van der Waals surface area contributed by atoms with Crippen molar-refractivity contribution in [3.8, 4) is 0 Å². The molecule has 3 aromatic carbocycles. The molecule has 2 amide bonds. The largest absolute Gasteiger partial charge is 0.389 e. The van der Waals surface area contributed by atoms with Crippen LogP contribution < -0.4 is 14.9 Å². The number of aliphatic hydroxyl groups is 2. The first-order chi connectivity index (χ1) is 22.7. The quantitative estimate of drug-likeness (QED) is 0.148. The highest BCUT2D eigenvalue weighted by molar-refractivity contribution is 7.92. The molecular weight excluding hydrogens is 632 g/mol. The summed E-state index contributed by atoms with van der Waals surface area (Å²) in [5.74, 6) is -0.863. The molecule has 4 N–H and O–H groups in total. The van der Waals surface area contributed by atoms with E-state index in [0.29, 0.717) is 12.1 Å². The molecule has 4 atom stereocenters. The van der Waals surface area contributed by atoms with Crippen molar-refractivity contribution in [1.29, 1.82) is 0 Å². The summed E-state index contributed by atoms with van der Waals surface area (Å²) >= 11 is 0. The second kappa shape index (κ2) is 16.0. The summed E-state index contributed by atoms with van der Waals surface area (Å²) < 4.78 is 27.3. The van der Waals surface area contributed by atoms with E-state index in [1.165, 1.54) is 29.9 Å². The number of aromatic nitrogens is 3. The van der Waals surface area contributed by atoms with Crippen molar-refractivity contribution < 1.29 is 28.2 Å². The van der Waals surface area contributed by atoms with Crippen molar-refractivity contribution in [3.05, 3.63) is 113 Å². The summed E-state index contributed by atoms with van der Waals surface area (Å²) in [6.45, 7) is 5.78. The minimum atomic E-state index is -3.73. The fourth-order valence-corrected chi connectivity index (χ4v) is 5.68. The molecule has 4 rings (SSSR count). The number of carbonyl (C=O) groups is 2. The Morgan fingerprint density at radius 3 is 2.06 bits per heavy atom. The molecule has 1 aromatic heterocycles. The fourth-order valence-electron chi connectivity index (χ4n) is 5.20. The van der Waals surface area contributed by atoms with E-state index in [1.54, 1.807) is 6.20 Å². The van der Waals surface area contributed by atoms with Crippen molar-refractivity contribution >= 4 is 27.5 Å². The molecule has 0 fully saturated rings. The predicted molar refractivity (Wildman–Crippen MR) is 184 cm³/mol. The summed E-state index contributed by atoms with van der Waals surface area (Å²) in [6, 6.07) is 21.7. The van der Waals surface area contributed by atoms with Gasteiger partial charge in [-0.25, -0.2) is 13.1 Å². The standard InChI is InChI=1S/C35H44N6O6S/c1-23(2)16-32(42)31-21-41(39-38-31)22-33(43)30(17-25-12-8-6-9-13-25)37-35(45)28-18-27(19-29(20-28)40(4)48(5,46)47)34(44)36-24(3)26-14-10-7-11-15-26/h6-15,18-21,23-24,30,32-33,42-43H,16-17,22H2,1-5H3,(H,36,44)(H,37,45)/t24-,30+,32?,33+/m1/s1. The second-order valence-electron chi connectivity index (χ2n) is 12.5. The van der Waals surface area contributed by atoms with E-state index in [0.717, 1.165) is 21.7 Å². The first-order valence-corrected chi connectivity index (χ1v) is 17.6. The summed E-state index contributed by atoms with van der Waals surface area (Å²) in [7, 11) is -2.39. The molecule has 1 unspecified atom stereocenters. The molecule has 0 saturated heterocycles. The maximum absolute atomic E-state index is 13.9. The lowest BCUT2D eigenvalue weighted by molar-refractivity contribution is 0.0778. The average Bonchev–Trinajstić information content (AvgIpc) is 3.52. The van der Waals surface area contributed by atoms with Crippen LogP contribution in [0.5, 0.6) is 0 Å². The van der Waals surface area contributed by atoms with Crippen LogP contribution in [0.1, 0.15) is 76.9 Å². The lowest BCUT2D eigenvalue weighted by Crippen LogP contribution is -2.46. The van der Waals surface area contributed by atoms with E-state index in [2.05, 4.69) is 20.9 Å². The van der Waals surface area contributed by atoms with Gasteiger partial charge in [-0.2, -0.15) is 0 Å². The monoisotopic (exact) mass is 676 g/mol. The van der Waals surface area contributed by atoms with Crippen molar-refractivity contribution in [2.75, 3.05) is 17.6 Å². The van der Waals surface area contributed by atoms with Gasteiger partial charge >= 0.3 is 0 Å². The maximum atomic E-state index is 13.9. The first-order valence-electron chi connectivity index (χ1n) is 15.8. The lowest BCUT2D eigenvalue weighted by Gasteiger charge is -2.25. The number of rotatable bonds is 15. The Morgan fingerprint density at radius 1 is 0.896 bits per heavy atom. The van der Waals surface area contributed by atoms with Crippen LogP contribution in [0.25, 0.3) is 0 Å². The summed E-state index contributed by atoms with van der Waals surface area (Å²) in [5.41, 5.74) is 2.36. The van der Waals surface area contributed by atoms with Crippen LogP contribution in [0, 0.1) is 5.92 Å². The van der Waals surface area contributed by atoms with E-state index in [1.807, 2.05) is 81.4 Å². The van der Waals surface area contributed by atoms with Crippen LogP contribution in [0.15, 0.2) is 85.1 Å². The van der Waals surface area contributed by atoms with Gasteiger partial charge in [0.15, 0.2) is 0 Å². The van der Waals surface area contributed by atoms with Gasteiger partial charge in [-0.3, -0.25) is 13.9 Å². The van der Waals surface area contributed by atoms with Crippen LogP contribution in [0.3, 0.4) is 0 Å². The molecule has 48 heavy (non-hydrogen) atoms. The van der Waals surface area contributed by atoms with Crippen LogP contribution in [0.2, 0.25) is 0 Å². The van der Waals surface area contributed by atoms with E-state index in [-0.39, 0.29) is 41.7 Å². The zero-order chi connectivity index (χ0) is 35.0. The van der Waals surface area contributed by atoms with E-state index >= 15 is 0 Å². The number of nitrogens with zero attached hydrogens (tertiary/aromatic N) is 4. The molecule has 12 nitrogen and oxygen atoms in total. The minimum Gasteiger partial charge on any atom is -0.389 e. The Balaban J connectivity index is 1.62. The van der Waals surface area contributed by atoms with Crippen LogP contribution in [-0.2, 0) is 23.0 Å². The molecule has 13 heteroatoms. The molecular formula is C35H44N6O6S. The minimum absolute atomic E-state index is 0.0267. The topological polar surface area (TPSA) is 167 Å². The third-order valence-corrected chi connectivity index (χ3v) is 9.20. The van der Waals surface area contributed by atoms with Crippen molar-refractivity contribution in [1.82, 2.24) is 25.6 Å². The Hall–Kier alpha value is -4.59. The number of benzene rings is 3. The van der Waals surface area contributed by atoms with Gasteiger partial charge in [-0.15, -0.1) is 5.10 Å². The Morgan fingerprint density at radius 2 is 1.48 bits per heavy atom. The van der Waals surface area contributed by atoms with Gasteiger partial charge in [0.05, 0.1) is 49.0 Å². The molecule has 0 bridgehead atoms. The zero-order valence-electron chi connectivity index (χ0n) is 27.8. The van der Waals surface area contributed by atoms with Gasteiger partial charge < -0.3 is 20.8 Å². The van der Waals surface area contributed by atoms with Crippen molar-refractivity contribution in [2.45, 2.75) is 64.4 Å². The highest BCUT2D eigenvalue weighted by Gasteiger charge is 2.26. The maximum Gasteiger partial charge on any atom is 0.251 e. The summed E-state index contributed by atoms with van der Waals surface area (Å²) in [6.07, 6.45) is 1.44. The second-order valence-corrected chi connectivity index (χ2v) is 14.5. The molecule has 256 valence electrons. The van der Waals surface area contributed by atoms with Gasteiger partial charge in [0.1, 0.15) is 5.69 Å². The summed E-state index contributed by atoms with van der Waals surface area (Å²) in [4.78, 5) is 27.3. The van der Waals surface area contributed by atoms with Crippen molar-refractivity contribution in [2.24, 2.45) is 5.92 Å². The van der Waals surface area contributed by atoms with Crippen LogP contribution >= 0.6 is 0 Å². The van der Waals surface area contributed by atoms with Gasteiger partial charge in [0.2, 0.25) is 10.0 Å². The van der Waals surface area contributed by atoms with Gasteiger partial charge in [0, 0.05) is 18.2 Å². The van der Waals surface area contributed by atoms with E-state index < -0.39 is 40.1 Å². The molecule has 0 spiro atoms. The zero-order valence-corrected chi connectivity index (χ0v) is 28.6. The average molecular weight is 677 g/mol. The molecule has 4 aromatic rings. The predicted octanol–water partition coefficient (Wildman–Crippen LogP) is 3.65. The van der Waals surface area contributed by atoms with Gasteiger partial charge in [-0.1, -0.05) is 79.7 Å². The molecule has 0 aliphatic rings. The fraction of sp³-hybridized carbons (Fsp3) is 0.371. The van der Waals surface area contributed by atoms with Crippen molar-refractivity contribution in [3.63, 3.8) is 0 Å². The normalized spacial score (nSPS) is 14.2. The number of hydrogen-bond acceptors (Lipinski definition) is 8. The van der Waals surface area contributed by atoms with Crippen LogP contribution in [0.4, 0.5) is 5.69 Å². The number of amides is 2. The van der Waals surface area contributed by atoms with E-state index in [9.17, 15) is 28.2 Å². The number of nitrogens with one attached hydrogen (secondary N) is 2. The van der Waals surface area contributed by atoms with Crippen LogP contribution in [-0.4, -0.2) is 70.9 Å². The third kappa shape index (κ3) is 9.96. The smallest absolute Gasteiger partial charge is 0.251 e. The molecule has 0 radical (unpaired) electrons.